The maximum Gasteiger partial charge on any atom is 0.240 e. The summed E-state index contributed by atoms with van der Waals surface area (Å²) >= 11 is 2.04. The Morgan fingerprint density at radius 1 is 1.31 bits per heavy atom. The van der Waals surface area contributed by atoms with E-state index in [4.69, 9.17) is 4.99 Å². The summed E-state index contributed by atoms with van der Waals surface area (Å²) in [7, 11) is -1.98. The summed E-state index contributed by atoms with van der Waals surface area (Å²) in [6.07, 6.45) is 1.17. The number of aliphatic imine (C=N–C) groups is 1. The molecule has 6 nitrogen and oxygen atoms in total. The van der Waals surface area contributed by atoms with Gasteiger partial charge in [-0.25, -0.2) is 18.1 Å². The van der Waals surface area contributed by atoms with Gasteiger partial charge in [0, 0.05) is 30.6 Å². The van der Waals surface area contributed by atoms with Gasteiger partial charge in [-0.1, -0.05) is 19.1 Å². The Balaban J connectivity index is 0.00000338. The molecule has 0 amide bonds. The van der Waals surface area contributed by atoms with Gasteiger partial charge in [0.15, 0.2) is 5.96 Å². The van der Waals surface area contributed by atoms with Crippen LogP contribution in [0, 0.1) is 0 Å². The molecular weight excluding hydrogens is 483 g/mol. The van der Waals surface area contributed by atoms with Gasteiger partial charge in [-0.3, -0.25) is 0 Å². The van der Waals surface area contributed by atoms with E-state index in [9.17, 15) is 8.42 Å². The van der Waals surface area contributed by atoms with Crippen molar-refractivity contribution >= 4 is 51.7 Å². The fourth-order valence-electron chi connectivity index (χ4n) is 2.64. The van der Waals surface area contributed by atoms with E-state index in [0.29, 0.717) is 11.8 Å². The Kier molecular flexibility index (Phi) is 10.3. The number of hydrogen-bond acceptors (Lipinski definition) is 4. The van der Waals surface area contributed by atoms with Gasteiger partial charge in [-0.15, -0.1) is 24.0 Å². The van der Waals surface area contributed by atoms with E-state index in [1.807, 2.05) is 23.9 Å². The van der Waals surface area contributed by atoms with Gasteiger partial charge in [-0.2, -0.15) is 11.8 Å². The molecule has 1 aliphatic heterocycles. The van der Waals surface area contributed by atoms with E-state index in [0.717, 1.165) is 36.9 Å². The Labute approximate surface area is 178 Å². The van der Waals surface area contributed by atoms with E-state index in [2.05, 4.69) is 28.8 Å². The zero-order valence-electron chi connectivity index (χ0n) is 15.6. The highest BCUT2D eigenvalue weighted by atomic mass is 127. The second-order valence-corrected chi connectivity index (χ2v) is 9.16. The molecule has 1 atom stereocenters. The van der Waals surface area contributed by atoms with Crippen LogP contribution in [0.1, 0.15) is 25.8 Å². The first-order chi connectivity index (χ1) is 12.0. The van der Waals surface area contributed by atoms with Crippen LogP contribution in [0.3, 0.4) is 0 Å². The molecular formula is C17H29IN4O2S2. The minimum absolute atomic E-state index is 0. The van der Waals surface area contributed by atoms with E-state index in [1.165, 1.54) is 13.5 Å². The number of halogens is 1. The topological polar surface area (TPSA) is 73.8 Å². The third-order valence-electron chi connectivity index (χ3n) is 4.14. The Morgan fingerprint density at radius 3 is 2.58 bits per heavy atom. The molecule has 1 fully saturated rings. The highest BCUT2D eigenvalue weighted by Gasteiger charge is 2.21. The molecule has 1 heterocycles. The van der Waals surface area contributed by atoms with Crippen LogP contribution in [0.4, 0.5) is 0 Å². The normalized spacial score (nSPS) is 18.3. The molecule has 9 heteroatoms. The summed E-state index contributed by atoms with van der Waals surface area (Å²) in [5.74, 6) is 2.06. The van der Waals surface area contributed by atoms with E-state index >= 15 is 0 Å². The summed E-state index contributed by atoms with van der Waals surface area (Å²) in [5, 5.41) is 4.03. The molecule has 2 rings (SSSR count). The van der Waals surface area contributed by atoms with Crippen molar-refractivity contribution in [3.63, 3.8) is 0 Å². The Hall–Kier alpha value is -0.520. The van der Waals surface area contributed by atoms with Crippen LogP contribution in [-0.4, -0.2) is 57.0 Å². The largest absolute Gasteiger partial charge is 0.357 e. The number of thioether (sulfide) groups is 1. The quantitative estimate of drug-likeness (QED) is 0.348. The summed E-state index contributed by atoms with van der Waals surface area (Å²) in [6, 6.07) is 6.87. The lowest BCUT2D eigenvalue weighted by molar-refractivity contribution is 0.408. The SMILES string of the molecule is CCNC(=NCc1ccc(S(=O)(=O)NC)cc1)N1CCSC(CC)C1.I. The number of rotatable bonds is 6. The molecule has 0 saturated carbocycles. The van der Waals surface area contributed by atoms with E-state index in [-0.39, 0.29) is 28.9 Å². The maximum absolute atomic E-state index is 11.8. The van der Waals surface area contributed by atoms with Gasteiger partial charge in [-0.05, 0) is 38.1 Å². The molecule has 0 aromatic heterocycles. The Morgan fingerprint density at radius 2 is 2.00 bits per heavy atom. The number of guanidine groups is 1. The first-order valence-electron chi connectivity index (χ1n) is 8.67. The van der Waals surface area contributed by atoms with Crippen molar-refractivity contribution in [1.82, 2.24) is 14.9 Å². The van der Waals surface area contributed by atoms with Crippen LogP contribution in [0.15, 0.2) is 34.2 Å². The molecule has 1 aliphatic rings. The van der Waals surface area contributed by atoms with Crippen molar-refractivity contribution in [2.45, 2.75) is 37.0 Å². The average molecular weight is 512 g/mol. The lowest BCUT2D eigenvalue weighted by Gasteiger charge is -2.34. The van der Waals surface area contributed by atoms with Crippen LogP contribution in [0.25, 0.3) is 0 Å². The summed E-state index contributed by atoms with van der Waals surface area (Å²) in [6.45, 7) is 7.69. The van der Waals surface area contributed by atoms with E-state index < -0.39 is 10.0 Å². The molecule has 0 radical (unpaired) electrons. The summed E-state index contributed by atoms with van der Waals surface area (Å²) in [4.78, 5) is 7.34. The molecule has 1 saturated heterocycles. The Bertz CT molecular complexity index is 681. The van der Waals surface area contributed by atoms with Crippen molar-refractivity contribution in [3.8, 4) is 0 Å². The minimum Gasteiger partial charge on any atom is -0.357 e. The fourth-order valence-corrected chi connectivity index (χ4v) is 4.55. The second-order valence-electron chi connectivity index (χ2n) is 5.87. The lowest BCUT2D eigenvalue weighted by Crippen LogP contribution is -2.48. The molecule has 1 aromatic rings. The first-order valence-corrected chi connectivity index (χ1v) is 11.2. The van der Waals surface area contributed by atoms with Crippen LogP contribution in [0.2, 0.25) is 0 Å². The fraction of sp³-hybridized carbons (Fsp3) is 0.588. The average Bonchev–Trinajstić information content (AvgIpc) is 2.65. The molecule has 0 spiro atoms. The zero-order chi connectivity index (χ0) is 18.3. The minimum atomic E-state index is -3.39. The van der Waals surface area contributed by atoms with Gasteiger partial charge in [0.2, 0.25) is 10.0 Å². The molecule has 148 valence electrons. The highest BCUT2D eigenvalue weighted by molar-refractivity contribution is 14.0. The lowest BCUT2D eigenvalue weighted by atomic mass is 10.2. The van der Waals surface area contributed by atoms with Crippen LogP contribution >= 0.6 is 35.7 Å². The van der Waals surface area contributed by atoms with Crippen molar-refractivity contribution in [1.29, 1.82) is 0 Å². The number of nitrogens with one attached hydrogen (secondary N) is 2. The van der Waals surface area contributed by atoms with Gasteiger partial charge in [0.25, 0.3) is 0 Å². The molecule has 0 bridgehead atoms. The van der Waals surface area contributed by atoms with Gasteiger partial charge in [0.05, 0.1) is 11.4 Å². The number of sulfonamides is 1. The van der Waals surface area contributed by atoms with Gasteiger partial charge in [0.1, 0.15) is 0 Å². The predicted molar refractivity (Wildman–Crippen MR) is 121 cm³/mol. The smallest absolute Gasteiger partial charge is 0.240 e. The third-order valence-corrected chi connectivity index (χ3v) is 6.94. The van der Waals surface area contributed by atoms with Crippen molar-refractivity contribution in [2.24, 2.45) is 4.99 Å². The molecule has 2 N–H and O–H groups in total. The highest BCUT2D eigenvalue weighted by Crippen LogP contribution is 2.21. The maximum atomic E-state index is 11.8. The molecule has 26 heavy (non-hydrogen) atoms. The van der Waals surface area contributed by atoms with Crippen molar-refractivity contribution in [3.05, 3.63) is 29.8 Å². The van der Waals surface area contributed by atoms with E-state index in [1.54, 1.807) is 12.1 Å². The third kappa shape index (κ3) is 6.58. The summed E-state index contributed by atoms with van der Waals surface area (Å²) in [5.41, 5.74) is 0.990. The van der Waals surface area contributed by atoms with Crippen LogP contribution in [0.5, 0.6) is 0 Å². The zero-order valence-corrected chi connectivity index (χ0v) is 19.5. The van der Waals surface area contributed by atoms with Crippen LogP contribution in [-0.2, 0) is 16.6 Å². The second kappa shape index (κ2) is 11.4. The van der Waals surface area contributed by atoms with Gasteiger partial charge >= 0.3 is 0 Å². The van der Waals surface area contributed by atoms with Crippen molar-refractivity contribution in [2.75, 3.05) is 32.4 Å². The van der Waals surface area contributed by atoms with Crippen molar-refractivity contribution < 1.29 is 8.42 Å². The number of nitrogens with zero attached hydrogens (tertiary/aromatic N) is 2. The summed E-state index contributed by atoms with van der Waals surface area (Å²) < 4.78 is 25.9. The number of benzene rings is 1. The molecule has 1 aromatic carbocycles. The number of hydrogen-bond donors (Lipinski definition) is 2. The molecule has 0 aliphatic carbocycles. The monoisotopic (exact) mass is 512 g/mol. The first kappa shape index (κ1) is 23.5. The molecule has 1 unspecified atom stereocenters. The van der Waals surface area contributed by atoms with Gasteiger partial charge < -0.3 is 10.2 Å². The standard InChI is InChI=1S/C17H28N4O2S2.HI/c1-4-15-13-21(10-11-24-15)17(19-5-2)20-12-14-6-8-16(9-7-14)25(22,23)18-3;/h6-9,15,18H,4-5,10-13H2,1-3H3,(H,19,20);1H. The predicted octanol–water partition coefficient (Wildman–Crippen LogP) is 2.51. The van der Waals surface area contributed by atoms with Crippen LogP contribution < -0.4 is 10.0 Å².